The third kappa shape index (κ3) is 2.82. The van der Waals surface area contributed by atoms with Crippen LogP contribution in [0, 0.1) is 50.2 Å². The van der Waals surface area contributed by atoms with E-state index in [2.05, 4.69) is 61.5 Å². The summed E-state index contributed by atoms with van der Waals surface area (Å²) in [5.74, 6) is 2.66. The summed E-state index contributed by atoms with van der Waals surface area (Å²) in [6, 6.07) is 0. The van der Waals surface area contributed by atoms with Crippen LogP contribution in [0.15, 0.2) is 23.5 Å². The second-order valence-corrected chi connectivity index (χ2v) is 14.9. The van der Waals surface area contributed by atoms with Crippen molar-refractivity contribution in [2.45, 2.75) is 107 Å². The molecule has 2 heteroatoms. The van der Waals surface area contributed by atoms with Crippen LogP contribution >= 0.6 is 0 Å². The highest BCUT2D eigenvalue weighted by atomic mass is 16.5. The fraction of sp³-hybridized carbons (Fsp3) is 0.839. The standard InChI is InChI=1S/C31H48O2/c1-26(2)14-15-28(5)16-17-29(6)20(21(28)19-26)10-11-23-30(29,7)13-12-22-27(3,4)25(33-9)18-24(32)31(22,23)8/h10,18,21-23H,11-17,19H2,1-9H3/t21-,22+,23-,28-,29-,30-,31+/m1/s1. The molecule has 0 bridgehead atoms. The molecule has 3 saturated carbocycles. The summed E-state index contributed by atoms with van der Waals surface area (Å²) in [4.78, 5) is 13.9. The molecule has 0 radical (unpaired) electrons. The van der Waals surface area contributed by atoms with E-state index in [1.54, 1.807) is 12.7 Å². The SMILES string of the molecule is COC1=CC(=O)[C@@]2(C)[C@@H](CC[C@]3(C)[C@H]2CC=C2[C@H]4CC(C)(C)CC[C@]4(C)CC[C@]23C)C1(C)C. The molecule has 5 aliphatic carbocycles. The van der Waals surface area contributed by atoms with Crippen molar-refractivity contribution in [3.8, 4) is 0 Å². The molecule has 3 fully saturated rings. The first kappa shape index (κ1) is 23.7. The second kappa shape index (κ2) is 6.79. The average molecular weight is 453 g/mol. The van der Waals surface area contributed by atoms with Gasteiger partial charge < -0.3 is 4.74 Å². The lowest BCUT2D eigenvalue weighted by atomic mass is 9.34. The van der Waals surface area contributed by atoms with Crippen molar-refractivity contribution in [2.24, 2.45) is 50.2 Å². The van der Waals surface area contributed by atoms with E-state index in [1.807, 2.05) is 6.08 Å². The van der Waals surface area contributed by atoms with Gasteiger partial charge in [-0.3, -0.25) is 4.79 Å². The summed E-state index contributed by atoms with van der Waals surface area (Å²) in [6.45, 7) is 19.7. The van der Waals surface area contributed by atoms with E-state index >= 15 is 0 Å². The van der Waals surface area contributed by atoms with Crippen molar-refractivity contribution in [2.75, 3.05) is 7.11 Å². The minimum Gasteiger partial charge on any atom is -0.500 e. The van der Waals surface area contributed by atoms with Crippen LogP contribution < -0.4 is 0 Å². The van der Waals surface area contributed by atoms with Crippen LogP contribution in [0.4, 0.5) is 0 Å². The Morgan fingerprint density at radius 3 is 2.21 bits per heavy atom. The summed E-state index contributed by atoms with van der Waals surface area (Å²) < 4.78 is 5.76. The fourth-order valence-corrected chi connectivity index (χ4v) is 10.2. The largest absolute Gasteiger partial charge is 0.500 e. The highest BCUT2D eigenvalue weighted by molar-refractivity contribution is 5.97. The van der Waals surface area contributed by atoms with E-state index < -0.39 is 0 Å². The first-order valence-electron chi connectivity index (χ1n) is 13.7. The quantitative estimate of drug-likeness (QED) is 0.375. The third-order valence-corrected chi connectivity index (χ3v) is 12.7. The maximum atomic E-state index is 13.9. The molecule has 5 rings (SSSR count). The van der Waals surface area contributed by atoms with Gasteiger partial charge >= 0.3 is 0 Å². The number of allylic oxidation sites excluding steroid dienone is 4. The van der Waals surface area contributed by atoms with Crippen molar-refractivity contribution in [1.82, 2.24) is 0 Å². The number of hydrogen-bond acceptors (Lipinski definition) is 2. The number of methoxy groups -OCH3 is 1. The molecule has 0 spiro atoms. The van der Waals surface area contributed by atoms with E-state index in [4.69, 9.17) is 4.74 Å². The van der Waals surface area contributed by atoms with E-state index in [9.17, 15) is 4.79 Å². The minimum atomic E-state index is -0.309. The molecule has 0 saturated heterocycles. The number of carbonyl (C=O) groups excluding carboxylic acids is 1. The summed E-state index contributed by atoms with van der Waals surface area (Å²) in [7, 11) is 1.73. The first-order valence-corrected chi connectivity index (χ1v) is 13.7. The second-order valence-electron chi connectivity index (χ2n) is 14.9. The van der Waals surface area contributed by atoms with Crippen molar-refractivity contribution >= 4 is 5.78 Å². The zero-order valence-electron chi connectivity index (χ0n) is 22.9. The third-order valence-electron chi connectivity index (χ3n) is 12.7. The Balaban J connectivity index is 1.62. The molecule has 0 aliphatic heterocycles. The van der Waals surface area contributed by atoms with Gasteiger partial charge in [-0.05, 0) is 90.8 Å². The van der Waals surface area contributed by atoms with Crippen molar-refractivity contribution in [3.63, 3.8) is 0 Å². The molecule has 0 N–H and O–H groups in total. The molecule has 0 amide bonds. The van der Waals surface area contributed by atoms with Gasteiger partial charge in [0.2, 0.25) is 0 Å². The van der Waals surface area contributed by atoms with E-state index in [0.717, 1.165) is 18.6 Å². The molecule has 33 heavy (non-hydrogen) atoms. The van der Waals surface area contributed by atoms with Gasteiger partial charge in [-0.25, -0.2) is 0 Å². The molecule has 7 atom stereocenters. The number of fused-ring (bicyclic) bond motifs is 7. The molecule has 184 valence electrons. The molecule has 5 aliphatic rings. The number of ether oxygens (including phenoxy) is 1. The smallest absolute Gasteiger partial charge is 0.165 e. The zero-order valence-corrected chi connectivity index (χ0v) is 22.9. The van der Waals surface area contributed by atoms with Crippen LogP contribution in [0.25, 0.3) is 0 Å². The minimum absolute atomic E-state index is 0.0951. The predicted octanol–water partition coefficient (Wildman–Crippen LogP) is 8.13. The van der Waals surface area contributed by atoms with E-state index in [0.29, 0.717) is 34.4 Å². The van der Waals surface area contributed by atoms with Crippen LogP contribution in [-0.4, -0.2) is 12.9 Å². The summed E-state index contributed by atoms with van der Waals surface area (Å²) in [6.07, 6.45) is 14.7. The van der Waals surface area contributed by atoms with Gasteiger partial charge in [-0.2, -0.15) is 0 Å². The summed E-state index contributed by atoms with van der Waals surface area (Å²) >= 11 is 0. The lowest BCUT2D eigenvalue weighted by molar-refractivity contribution is -0.177. The van der Waals surface area contributed by atoms with E-state index in [-0.39, 0.29) is 21.7 Å². The van der Waals surface area contributed by atoms with Crippen LogP contribution in [0.5, 0.6) is 0 Å². The van der Waals surface area contributed by atoms with Gasteiger partial charge in [0.05, 0.1) is 7.11 Å². The summed E-state index contributed by atoms with van der Waals surface area (Å²) in [5, 5.41) is 0. The van der Waals surface area contributed by atoms with Gasteiger partial charge in [0, 0.05) is 16.9 Å². The van der Waals surface area contributed by atoms with Crippen molar-refractivity contribution < 1.29 is 9.53 Å². The lowest BCUT2D eigenvalue weighted by Gasteiger charge is -2.70. The Morgan fingerprint density at radius 1 is 0.879 bits per heavy atom. The van der Waals surface area contributed by atoms with Gasteiger partial charge in [-0.1, -0.05) is 67.0 Å². The Bertz CT molecular complexity index is 937. The molecule has 2 nitrogen and oxygen atoms in total. The Morgan fingerprint density at radius 2 is 1.55 bits per heavy atom. The van der Waals surface area contributed by atoms with Crippen molar-refractivity contribution in [1.29, 1.82) is 0 Å². The van der Waals surface area contributed by atoms with Crippen molar-refractivity contribution in [3.05, 3.63) is 23.5 Å². The van der Waals surface area contributed by atoms with Crippen LogP contribution in [0.1, 0.15) is 107 Å². The monoisotopic (exact) mass is 452 g/mol. The van der Waals surface area contributed by atoms with Crippen LogP contribution in [0.2, 0.25) is 0 Å². The number of carbonyl (C=O) groups is 1. The first-order chi connectivity index (χ1) is 15.2. The van der Waals surface area contributed by atoms with Gasteiger partial charge in [0.25, 0.3) is 0 Å². The maximum Gasteiger partial charge on any atom is 0.165 e. The normalized spacial score (nSPS) is 50.1. The molecule has 0 aromatic rings. The molecular weight excluding hydrogens is 404 g/mol. The Kier molecular flexibility index (Phi) is 4.87. The average Bonchev–Trinajstić information content (AvgIpc) is 2.72. The molecule has 0 aromatic carbocycles. The van der Waals surface area contributed by atoms with E-state index in [1.165, 1.54) is 38.5 Å². The van der Waals surface area contributed by atoms with Gasteiger partial charge in [0.15, 0.2) is 5.78 Å². The molecular formula is C31H48O2. The zero-order chi connectivity index (χ0) is 24.2. The predicted molar refractivity (Wildman–Crippen MR) is 136 cm³/mol. The number of hydrogen-bond donors (Lipinski definition) is 0. The maximum absolute atomic E-state index is 13.9. The topological polar surface area (TPSA) is 26.3 Å². The lowest BCUT2D eigenvalue weighted by Crippen LogP contribution is -2.65. The molecule has 0 heterocycles. The van der Waals surface area contributed by atoms with Gasteiger partial charge in [0.1, 0.15) is 5.76 Å². The Hall–Kier alpha value is -1.05. The Labute approximate surface area is 203 Å². The van der Waals surface area contributed by atoms with Crippen LogP contribution in [0.3, 0.4) is 0 Å². The number of ketones is 1. The molecule has 0 aromatic heterocycles. The fourth-order valence-electron chi connectivity index (χ4n) is 10.2. The molecule has 0 unspecified atom stereocenters. The highest BCUT2D eigenvalue weighted by Crippen LogP contribution is 2.75. The van der Waals surface area contributed by atoms with Crippen LogP contribution in [-0.2, 0) is 9.53 Å². The van der Waals surface area contributed by atoms with Gasteiger partial charge in [-0.15, -0.1) is 0 Å². The summed E-state index contributed by atoms with van der Waals surface area (Å²) in [5.41, 5.74) is 2.66. The number of rotatable bonds is 1. The highest BCUT2D eigenvalue weighted by Gasteiger charge is 2.69.